The molecule has 5 aliphatic carbocycles. The monoisotopic (exact) mass is 1660 g/mol. The summed E-state index contributed by atoms with van der Waals surface area (Å²) in [5, 5.41) is 0. The average Bonchev–Trinajstić information content (AvgIpc) is 1.55. The van der Waals surface area contributed by atoms with E-state index in [1.165, 1.54) is 386 Å². The van der Waals surface area contributed by atoms with Crippen LogP contribution in [0.15, 0.2) is 249 Å². The second-order valence-corrected chi connectivity index (χ2v) is 39.2. The van der Waals surface area contributed by atoms with Crippen molar-refractivity contribution in [2.45, 2.75) is 300 Å². The molecule has 0 spiro atoms. The van der Waals surface area contributed by atoms with Crippen LogP contribution in [0.25, 0.3) is 33.4 Å². The number of aryl methyl sites for hydroxylation is 16. The van der Waals surface area contributed by atoms with Gasteiger partial charge in [-0.1, -0.05) is 353 Å². The maximum absolute atomic E-state index is 2.60. The standard InChI is InChI=1S/C57H68N2.C36H48.C31H26/c1-7-9-11-13-15-17-39-57(40-18-16-14-12-10-8-2)55-41-51(58(47-27-19-43(3)20-28-47)48-29-21-44(4)22-30-48)35-37-53(55)54-38-36-52(42-56(54)57)59(49-31-23-45(5)24-32-49)50-33-25-46(6)26-34-50;1-8-10-12-14-16-29-22-30(17-15-13-11-9-2)24-31(23-29)36(7)34-20-27(5)25(3)18-32(34)33-19-26(4)28(6)21-35(33)36;1-19-3-13-27-28-14-4-20(2)16-30(28)31(29(27)15-19,25-11-9-21-5-7-23(21)17-25)26-12-10-22-6-8-24(22)18-26/h19-38,41-42H,7-18,39-40H2,1-6H3;18-24H,8-17H2,1-7H3;3-4,9-18H,5-8H2,1-2H3. The number of benzene rings is 13. The first-order chi connectivity index (χ1) is 61.2. The number of rotatable bonds is 33. The van der Waals surface area contributed by atoms with Gasteiger partial charge in [0.15, 0.2) is 0 Å². The molecule has 0 amide bonds. The third-order valence-corrected chi connectivity index (χ3v) is 29.9. The van der Waals surface area contributed by atoms with E-state index in [-0.39, 0.29) is 16.2 Å². The number of fused-ring (bicyclic) bond motifs is 11. The van der Waals surface area contributed by atoms with Crippen LogP contribution in [0.2, 0.25) is 0 Å². The van der Waals surface area contributed by atoms with Crippen LogP contribution in [-0.4, -0.2) is 0 Å². The van der Waals surface area contributed by atoms with Crippen LogP contribution in [0, 0.1) is 69.2 Å². The highest BCUT2D eigenvalue weighted by molar-refractivity contribution is 5.91. The van der Waals surface area contributed by atoms with Gasteiger partial charge in [-0.3, -0.25) is 0 Å². The minimum Gasteiger partial charge on any atom is -0.310 e. The molecule has 2 nitrogen and oxygen atoms in total. The highest BCUT2D eigenvalue weighted by Crippen LogP contribution is 2.61. The fourth-order valence-corrected chi connectivity index (χ4v) is 21.9. The van der Waals surface area contributed by atoms with E-state index in [4.69, 9.17) is 0 Å². The molecule has 13 aromatic rings. The largest absolute Gasteiger partial charge is 0.310 e. The number of hydrogen-bond acceptors (Lipinski definition) is 2. The summed E-state index contributed by atoms with van der Waals surface area (Å²) in [5.74, 6) is 0. The maximum atomic E-state index is 2.60. The molecule has 648 valence electrons. The molecule has 5 aliphatic rings. The van der Waals surface area contributed by atoms with E-state index in [0.29, 0.717) is 0 Å². The molecule has 0 atom stereocenters. The van der Waals surface area contributed by atoms with Gasteiger partial charge in [0, 0.05) is 45.0 Å². The Hall–Kier alpha value is -10.5. The van der Waals surface area contributed by atoms with Gasteiger partial charge < -0.3 is 9.80 Å². The fraction of sp³-hybridized carbons (Fsp3) is 0.371. The third kappa shape index (κ3) is 18.1. The topological polar surface area (TPSA) is 6.48 Å². The molecule has 0 aromatic heterocycles. The molecule has 0 N–H and O–H groups in total. The zero-order valence-corrected chi connectivity index (χ0v) is 79.4. The van der Waals surface area contributed by atoms with Gasteiger partial charge in [0.1, 0.15) is 0 Å². The molecular formula is C124H142N2. The minimum absolute atomic E-state index is 0.0787. The first-order valence-corrected chi connectivity index (χ1v) is 49.3. The molecule has 0 heterocycles. The Morgan fingerprint density at radius 3 is 0.889 bits per heavy atom. The number of hydrogen-bond donors (Lipinski definition) is 0. The van der Waals surface area contributed by atoms with Crippen LogP contribution in [0.1, 0.15) is 315 Å². The van der Waals surface area contributed by atoms with Crippen LogP contribution in [0.4, 0.5) is 34.1 Å². The molecular weight excluding hydrogens is 1520 g/mol. The molecule has 0 aliphatic heterocycles. The number of unbranched alkanes of at least 4 members (excludes halogenated alkanes) is 16. The summed E-state index contributed by atoms with van der Waals surface area (Å²) in [6.07, 6.45) is 35.8. The Balaban J connectivity index is 0.000000149. The molecule has 0 unspecified atom stereocenters. The van der Waals surface area contributed by atoms with E-state index in [0.717, 1.165) is 0 Å². The van der Waals surface area contributed by atoms with Crippen molar-refractivity contribution < 1.29 is 0 Å². The zero-order valence-electron chi connectivity index (χ0n) is 79.4. The molecule has 13 aromatic carbocycles. The number of anilines is 6. The quantitative estimate of drug-likeness (QED) is 0.0378. The summed E-state index contributed by atoms with van der Waals surface area (Å²) in [7, 11) is 0. The van der Waals surface area contributed by atoms with E-state index in [1.807, 2.05) is 0 Å². The average molecular weight is 1660 g/mol. The van der Waals surface area contributed by atoms with Gasteiger partial charge >= 0.3 is 0 Å². The van der Waals surface area contributed by atoms with Crippen molar-refractivity contribution in [1.29, 1.82) is 0 Å². The lowest BCUT2D eigenvalue weighted by Gasteiger charge is -2.37. The van der Waals surface area contributed by atoms with E-state index >= 15 is 0 Å². The van der Waals surface area contributed by atoms with Crippen LogP contribution in [0.3, 0.4) is 0 Å². The normalized spacial score (nSPS) is 13.9. The van der Waals surface area contributed by atoms with Gasteiger partial charge in [-0.05, 0) is 352 Å². The van der Waals surface area contributed by atoms with Crippen molar-refractivity contribution in [3.05, 3.63) is 388 Å². The van der Waals surface area contributed by atoms with Gasteiger partial charge in [-0.2, -0.15) is 0 Å². The van der Waals surface area contributed by atoms with Gasteiger partial charge in [-0.25, -0.2) is 0 Å². The molecule has 0 bridgehead atoms. The number of nitrogens with zero attached hydrogens (tertiary/aromatic N) is 2. The Kier molecular flexibility index (Phi) is 27.8. The van der Waals surface area contributed by atoms with Crippen molar-refractivity contribution in [3.63, 3.8) is 0 Å². The molecule has 2 heteroatoms. The zero-order chi connectivity index (χ0) is 87.8. The summed E-state index contributed by atoms with van der Waals surface area (Å²) >= 11 is 0. The predicted molar refractivity (Wildman–Crippen MR) is 544 cm³/mol. The van der Waals surface area contributed by atoms with Crippen LogP contribution < -0.4 is 9.80 Å². The van der Waals surface area contributed by atoms with E-state index < -0.39 is 0 Å². The molecule has 0 fully saturated rings. The van der Waals surface area contributed by atoms with Crippen molar-refractivity contribution in [1.82, 2.24) is 0 Å². The third-order valence-electron chi connectivity index (χ3n) is 29.9. The predicted octanol–water partition coefficient (Wildman–Crippen LogP) is 35.0. The van der Waals surface area contributed by atoms with Gasteiger partial charge in [0.25, 0.3) is 0 Å². The van der Waals surface area contributed by atoms with Crippen molar-refractivity contribution >= 4 is 34.1 Å². The Labute approximate surface area is 759 Å². The van der Waals surface area contributed by atoms with Crippen molar-refractivity contribution in [3.8, 4) is 33.4 Å². The minimum atomic E-state index is -0.238. The van der Waals surface area contributed by atoms with Crippen molar-refractivity contribution in [2.24, 2.45) is 0 Å². The summed E-state index contributed by atoms with van der Waals surface area (Å²) < 4.78 is 0. The smallest absolute Gasteiger partial charge is 0.0713 e. The Morgan fingerprint density at radius 1 is 0.230 bits per heavy atom. The molecule has 0 saturated heterocycles. The first kappa shape index (κ1) is 88.9. The molecule has 0 saturated carbocycles. The second kappa shape index (κ2) is 39.4. The highest BCUT2D eigenvalue weighted by Gasteiger charge is 2.49. The Morgan fingerprint density at radius 2 is 0.540 bits per heavy atom. The Bertz CT molecular complexity index is 5530. The lowest BCUT2D eigenvalue weighted by atomic mass is 9.65. The fourth-order valence-electron chi connectivity index (χ4n) is 21.9. The van der Waals surface area contributed by atoms with Gasteiger partial charge in [-0.15, -0.1) is 0 Å². The van der Waals surface area contributed by atoms with E-state index in [1.54, 1.807) is 0 Å². The van der Waals surface area contributed by atoms with E-state index in [9.17, 15) is 0 Å². The summed E-state index contributed by atoms with van der Waals surface area (Å²) in [6, 6.07) is 97.4. The summed E-state index contributed by atoms with van der Waals surface area (Å²) in [5.41, 5.74) is 51.2. The first-order valence-electron chi connectivity index (χ1n) is 49.3. The molecule has 18 rings (SSSR count). The van der Waals surface area contributed by atoms with Gasteiger partial charge in [0.05, 0.1) is 5.41 Å². The lowest BCUT2D eigenvalue weighted by molar-refractivity contribution is 0.398. The summed E-state index contributed by atoms with van der Waals surface area (Å²) in [4.78, 5) is 4.95. The van der Waals surface area contributed by atoms with E-state index in [2.05, 4.69) is 362 Å². The second-order valence-electron chi connectivity index (χ2n) is 39.2. The van der Waals surface area contributed by atoms with Gasteiger partial charge in [0.2, 0.25) is 0 Å². The van der Waals surface area contributed by atoms with Crippen LogP contribution >= 0.6 is 0 Å². The van der Waals surface area contributed by atoms with Crippen LogP contribution in [0.5, 0.6) is 0 Å². The van der Waals surface area contributed by atoms with Crippen molar-refractivity contribution in [2.75, 3.05) is 9.80 Å². The molecule has 0 radical (unpaired) electrons. The SMILES string of the molecule is CCCCCCCCC1(CCCCCCCC)c2cc(N(c3ccc(C)cc3)c3ccc(C)cc3)ccc2-c2ccc(N(c3ccc(C)cc3)c3ccc(C)cc3)cc21.CCCCCCc1cc(CCCCCC)cc(C2(C)c3cc(C)c(C)cc3-c3cc(C)c(C)cc32)c1.Cc1ccc2c(c1)C(c1ccc3c(c1)CC3)(c1ccc3c(c1)CC3)c1cc(C)ccc1-2. The summed E-state index contributed by atoms with van der Waals surface area (Å²) in [6.45, 7) is 34.0. The molecule has 126 heavy (non-hydrogen) atoms. The highest BCUT2D eigenvalue weighted by atomic mass is 15.1. The maximum Gasteiger partial charge on any atom is 0.0713 e. The van der Waals surface area contributed by atoms with Crippen LogP contribution in [-0.2, 0) is 54.8 Å². The lowest BCUT2D eigenvalue weighted by Crippen LogP contribution is -2.30.